The molecule has 0 aromatic carbocycles. The van der Waals surface area contributed by atoms with E-state index >= 15 is 0 Å². The summed E-state index contributed by atoms with van der Waals surface area (Å²) in [4.78, 5) is 24.4. The van der Waals surface area contributed by atoms with Crippen LogP contribution in [0.3, 0.4) is 0 Å². The van der Waals surface area contributed by atoms with Crippen molar-refractivity contribution in [1.29, 1.82) is 0 Å². The number of nitrogens with two attached hydrogens (primary N) is 1. The van der Waals surface area contributed by atoms with Gasteiger partial charge in [-0.15, -0.1) is 0 Å². The minimum Gasteiger partial charge on any atom is -0.724 e. The van der Waals surface area contributed by atoms with Crippen LogP contribution in [0.1, 0.15) is 13.8 Å². The van der Waals surface area contributed by atoms with Crippen molar-refractivity contribution in [3.05, 3.63) is 11.1 Å². The molecule has 106 valence electrons. The van der Waals surface area contributed by atoms with Gasteiger partial charge in [0.05, 0.1) is 6.54 Å². The first-order chi connectivity index (χ1) is 8.63. The van der Waals surface area contributed by atoms with Crippen LogP contribution in [0.2, 0.25) is 0 Å². The average Bonchev–Trinajstić information content (AvgIpc) is 2.51. The van der Waals surface area contributed by atoms with Gasteiger partial charge in [-0.05, 0) is 25.0 Å². The molecule has 2 atom stereocenters. The van der Waals surface area contributed by atoms with Crippen LogP contribution in [0.5, 0.6) is 0 Å². The smallest absolute Gasteiger partial charge is 0.346 e. The number of primary amides is 1. The minimum atomic E-state index is -5.07. The van der Waals surface area contributed by atoms with Gasteiger partial charge in [0.1, 0.15) is 12.1 Å². The van der Waals surface area contributed by atoms with Crippen LogP contribution in [-0.4, -0.2) is 53.5 Å². The van der Waals surface area contributed by atoms with Gasteiger partial charge in [-0.25, -0.2) is 13.2 Å². The van der Waals surface area contributed by atoms with Crippen LogP contribution in [0.25, 0.3) is 0 Å². The molecule has 0 aromatic rings. The Hall–Kier alpha value is -1.65. The van der Waals surface area contributed by atoms with Gasteiger partial charge in [-0.1, -0.05) is 0 Å². The molecule has 0 spiro atoms. The molecule has 0 radical (unpaired) electrons. The normalized spacial score (nSPS) is 27.2. The summed E-state index contributed by atoms with van der Waals surface area (Å²) in [6, 6.07) is -2.54. The summed E-state index contributed by atoms with van der Waals surface area (Å²) in [7, 11) is -5.07. The lowest BCUT2D eigenvalue weighted by Gasteiger charge is -2.30. The Bertz CT molecular complexity index is 583. The first-order valence-corrected chi connectivity index (χ1v) is 6.68. The lowest BCUT2D eigenvalue weighted by molar-refractivity contribution is -0.121. The van der Waals surface area contributed by atoms with E-state index < -0.39 is 34.4 Å². The fourth-order valence-corrected chi connectivity index (χ4v) is 2.75. The number of rotatable bonds is 3. The van der Waals surface area contributed by atoms with Crippen molar-refractivity contribution in [3.8, 4) is 0 Å². The Morgan fingerprint density at radius 1 is 1.42 bits per heavy atom. The summed E-state index contributed by atoms with van der Waals surface area (Å²) in [5.41, 5.74) is 6.36. The molecule has 0 aliphatic carbocycles. The highest BCUT2D eigenvalue weighted by atomic mass is 32.3. The third-order valence-corrected chi connectivity index (χ3v) is 3.71. The van der Waals surface area contributed by atoms with Gasteiger partial charge in [0.2, 0.25) is 16.3 Å². The second-order valence-corrected chi connectivity index (χ2v) is 5.40. The minimum absolute atomic E-state index is 0.0468. The van der Waals surface area contributed by atoms with E-state index in [2.05, 4.69) is 4.28 Å². The van der Waals surface area contributed by atoms with Crippen LogP contribution in [0.4, 0.5) is 4.79 Å². The van der Waals surface area contributed by atoms with Gasteiger partial charge in [0.25, 0.3) is 0 Å². The van der Waals surface area contributed by atoms with Crippen molar-refractivity contribution in [3.63, 3.8) is 0 Å². The number of hydrogen-bond acceptors (Lipinski definition) is 6. The molecular weight excluding hydrogens is 278 g/mol. The summed E-state index contributed by atoms with van der Waals surface area (Å²) < 4.78 is 36.0. The van der Waals surface area contributed by atoms with Crippen LogP contribution in [0.15, 0.2) is 11.1 Å². The Balaban J connectivity index is 2.43. The third-order valence-electron chi connectivity index (χ3n) is 3.37. The topological polar surface area (TPSA) is 133 Å². The van der Waals surface area contributed by atoms with Gasteiger partial charge >= 0.3 is 6.03 Å². The van der Waals surface area contributed by atoms with Gasteiger partial charge in [0.15, 0.2) is 0 Å². The zero-order valence-corrected chi connectivity index (χ0v) is 11.0. The van der Waals surface area contributed by atoms with Crippen LogP contribution < -0.4 is 5.73 Å². The lowest BCUT2D eigenvalue weighted by Crippen LogP contribution is -2.48. The monoisotopic (exact) mass is 290 g/mol. The summed E-state index contributed by atoms with van der Waals surface area (Å²) in [6.45, 7) is 3.29. The molecule has 0 aromatic heterocycles. The van der Waals surface area contributed by atoms with E-state index in [1.54, 1.807) is 13.8 Å². The Kier molecular flexibility index (Phi) is 3.03. The van der Waals surface area contributed by atoms with Gasteiger partial charge < -0.3 is 15.2 Å². The molecule has 2 heterocycles. The Morgan fingerprint density at radius 2 is 2.00 bits per heavy atom. The SMILES string of the molecule is CC1=C(C)[C@@H]2CN(C(=O)N2OS(=O)(=O)[O-])[C@@H]1C(N)=O. The maximum Gasteiger partial charge on any atom is 0.346 e. The third kappa shape index (κ3) is 2.17. The molecule has 10 heteroatoms. The molecule has 2 aliphatic heterocycles. The van der Waals surface area contributed by atoms with Crippen LogP contribution in [0, 0.1) is 0 Å². The standard InChI is InChI=1S/C9H13N3O6S/c1-4-5(2)7(8(10)13)11-3-6(4)12(9(11)14)18-19(15,16)17/h6-7H,3H2,1-2H3,(H2,10,13)(H,15,16,17)/p-1/t6-,7-/m0/s1. The van der Waals surface area contributed by atoms with Crippen molar-refractivity contribution in [1.82, 2.24) is 9.96 Å². The number of hydrogen-bond donors (Lipinski definition) is 1. The van der Waals surface area contributed by atoms with Crippen molar-refractivity contribution in [2.45, 2.75) is 25.9 Å². The Labute approximate surface area is 109 Å². The van der Waals surface area contributed by atoms with Gasteiger partial charge in [-0.3, -0.25) is 4.79 Å². The van der Waals surface area contributed by atoms with E-state index in [0.717, 1.165) is 4.90 Å². The molecule has 1 fully saturated rings. The summed E-state index contributed by atoms with van der Waals surface area (Å²) in [5.74, 6) is -0.726. The molecule has 3 amide bonds. The number of urea groups is 1. The molecule has 2 aliphatic rings. The number of carbonyl (C=O) groups excluding carboxylic acids is 2. The van der Waals surface area contributed by atoms with Gasteiger partial charge in [-0.2, -0.15) is 9.35 Å². The van der Waals surface area contributed by atoms with Crippen molar-refractivity contribution in [2.24, 2.45) is 5.73 Å². The summed E-state index contributed by atoms with van der Waals surface area (Å²) in [5, 5.41) is 0.476. The number of fused-ring (bicyclic) bond motifs is 2. The van der Waals surface area contributed by atoms with E-state index in [0.29, 0.717) is 16.2 Å². The molecule has 1 saturated heterocycles. The fourth-order valence-electron chi connectivity index (χ4n) is 2.39. The Morgan fingerprint density at radius 3 is 2.47 bits per heavy atom. The molecule has 2 rings (SSSR count). The number of carbonyl (C=O) groups is 2. The fraction of sp³-hybridized carbons (Fsp3) is 0.556. The quantitative estimate of drug-likeness (QED) is 0.389. The molecule has 19 heavy (non-hydrogen) atoms. The number of nitrogens with zero attached hydrogens (tertiary/aromatic N) is 2. The van der Waals surface area contributed by atoms with Gasteiger partial charge in [0, 0.05) is 0 Å². The van der Waals surface area contributed by atoms with E-state index in [4.69, 9.17) is 5.73 Å². The van der Waals surface area contributed by atoms with E-state index in [1.807, 2.05) is 0 Å². The number of hydroxylamine groups is 2. The highest BCUT2D eigenvalue weighted by Gasteiger charge is 2.50. The van der Waals surface area contributed by atoms with Crippen molar-refractivity contribution < 1.29 is 26.8 Å². The molecule has 0 saturated carbocycles. The van der Waals surface area contributed by atoms with E-state index in [9.17, 15) is 22.6 Å². The second kappa shape index (κ2) is 4.18. The summed E-state index contributed by atoms with van der Waals surface area (Å²) in [6.07, 6.45) is 0. The largest absolute Gasteiger partial charge is 0.724 e. The van der Waals surface area contributed by atoms with Crippen molar-refractivity contribution >= 4 is 22.3 Å². The van der Waals surface area contributed by atoms with E-state index in [-0.39, 0.29) is 6.54 Å². The highest BCUT2D eigenvalue weighted by molar-refractivity contribution is 7.80. The highest BCUT2D eigenvalue weighted by Crippen LogP contribution is 2.34. The molecule has 9 nitrogen and oxygen atoms in total. The molecule has 2 bridgehead atoms. The maximum absolute atomic E-state index is 12.0. The first-order valence-electron chi connectivity index (χ1n) is 5.35. The number of amides is 3. The first kappa shape index (κ1) is 13.8. The summed E-state index contributed by atoms with van der Waals surface area (Å²) >= 11 is 0. The average molecular weight is 290 g/mol. The molecule has 2 N–H and O–H groups in total. The zero-order chi connectivity index (χ0) is 14.5. The van der Waals surface area contributed by atoms with Crippen molar-refractivity contribution in [2.75, 3.05) is 6.54 Å². The molecular formula is C9H12N3O6S-. The van der Waals surface area contributed by atoms with Crippen LogP contribution in [-0.2, 0) is 19.5 Å². The predicted molar refractivity (Wildman–Crippen MR) is 59.9 cm³/mol. The zero-order valence-electron chi connectivity index (χ0n) is 10.2. The lowest BCUT2D eigenvalue weighted by atomic mass is 9.93. The van der Waals surface area contributed by atoms with Crippen LogP contribution >= 0.6 is 0 Å². The predicted octanol–water partition coefficient (Wildman–Crippen LogP) is -1.31. The second-order valence-electron chi connectivity index (χ2n) is 4.43. The maximum atomic E-state index is 12.0. The molecule has 0 unspecified atom stereocenters. The van der Waals surface area contributed by atoms with E-state index in [1.165, 1.54) is 0 Å².